The lowest BCUT2D eigenvalue weighted by molar-refractivity contribution is -0.139. The first kappa shape index (κ1) is 18.3. The molecule has 2 aliphatic rings. The summed E-state index contributed by atoms with van der Waals surface area (Å²) in [4.78, 5) is 11.2. The number of carbonyl (C=O) groups excluding carboxylic acids is 1. The van der Waals surface area contributed by atoms with Gasteiger partial charge in [0, 0.05) is 5.57 Å². The van der Waals surface area contributed by atoms with Crippen LogP contribution in [0.4, 0.5) is 0 Å². The molecule has 130 valence electrons. The van der Waals surface area contributed by atoms with Crippen molar-refractivity contribution in [2.24, 2.45) is 17.8 Å². The van der Waals surface area contributed by atoms with Crippen molar-refractivity contribution in [1.82, 2.24) is 0 Å². The van der Waals surface area contributed by atoms with Gasteiger partial charge in [-0.15, -0.1) is 0 Å². The van der Waals surface area contributed by atoms with Crippen LogP contribution in [0.15, 0.2) is 24.3 Å². The number of esters is 1. The Kier molecular flexibility index (Phi) is 7.91. The third kappa shape index (κ3) is 6.53. The van der Waals surface area contributed by atoms with E-state index in [1.165, 1.54) is 64.2 Å². The van der Waals surface area contributed by atoms with E-state index >= 15 is 0 Å². The van der Waals surface area contributed by atoms with E-state index in [4.69, 9.17) is 4.74 Å². The summed E-state index contributed by atoms with van der Waals surface area (Å²) >= 11 is 0. The largest absolute Gasteiger partial charge is 0.462 e. The number of hydrogen-bond acceptors (Lipinski definition) is 2. The van der Waals surface area contributed by atoms with E-state index in [1.807, 2.05) is 0 Å². The van der Waals surface area contributed by atoms with Crippen molar-refractivity contribution in [3.05, 3.63) is 24.3 Å². The zero-order valence-corrected chi connectivity index (χ0v) is 14.9. The third-order valence-electron chi connectivity index (χ3n) is 5.47. The maximum atomic E-state index is 11.2. The van der Waals surface area contributed by atoms with Gasteiger partial charge in [-0.2, -0.15) is 0 Å². The van der Waals surface area contributed by atoms with Crippen LogP contribution in [0.25, 0.3) is 0 Å². The number of unbranched alkanes of at least 4 members (excludes halogenated alkanes) is 7. The fourth-order valence-electron chi connectivity index (χ4n) is 4.08. The molecular formula is C21H34O2. The van der Waals surface area contributed by atoms with E-state index in [0.717, 1.165) is 24.2 Å². The Morgan fingerprint density at radius 1 is 1.00 bits per heavy atom. The van der Waals surface area contributed by atoms with Gasteiger partial charge in [0.15, 0.2) is 0 Å². The predicted molar refractivity (Wildman–Crippen MR) is 96.2 cm³/mol. The number of allylic oxidation sites excluding steroid dienone is 2. The molecule has 2 bridgehead atoms. The molecule has 0 saturated heterocycles. The second-order valence-corrected chi connectivity index (χ2v) is 7.57. The first-order chi connectivity index (χ1) is 11.2. The Balaban J connectivity index is 1.32. The van der Waals surface area contributed by atoms with Gasteiger partial charge in [-0.1, -0.05) is 63.7 Å². The first-order valence-electron chi connectivity index (χ1n) is 9.68. The fourth-order valence-corrected chi connectivity index (χ4v) is 4.08. The third-order valence-corrected chi connectivity index (χ3v) is 5.47. The molecule has 1 saturated carbocycles. The van der Waals surface area contributed by atoms with Crippen molar-refractivity contribution in [3.63, 3.8) is 0 Å². The van der Waals surface area contributed by atoms with Crippen molar-refractivity contribution < 1.29 is 9.53 Å². The van der Waals surface area contributed by atoms with E-state index in [-0.39, 0.29) is 5.97 Å². The summed E-state index contributed by atoms with van der Waals surface area (Å²) in [6.07, 6.45) is 19.6. The molecule has 0 aromatic rings. The number of rotatable bonds is 12. The van der Waals surface area contributed by atoms with Crippen LogP contribution in [0.2, 0.25) is 0 Å². The molecule has 0 spiro atoms. The molecule has 3 unspecified atom stereocenters. The summed E-state index contributed by atoms with van der Waals surface area (Å²) in [6, 6.07) is 0. The van der Waals surface area contributed by atoms with Gasteiger partial charge < -0.3 is 4.74 Å². The minimum absolute atomic E-state index is 0.254. The molecule has 1 fully saturated rings. The minimum Gasteiger partial charge on any atom is -0.462 e. The van der Waals surface area contributed by atoms with Crippen LogP contribution < -0.4 is 0 Å². The van der Waals surface area contributed by atoms with E-state index in [9.17, 15) is 4.79 Å². The lowest BCUT2D eigenvalue weighted by Gasteiger charge is -2.17. The number of hydrogen-bond donors (Lipinski definition) is 0. The Bertz CT molecular complexity index is 410. The van der Waals surface area contributed by atoms with Crippen molar-refractivity contribution >= 4 is 5.97 Å². The topological polar surface area (TPSA) is 26.3 Å². The van der Waals surface area contributed by atoms with Crippen LogP contribution in [0.5, 0.6) is 0 Å². The molecule has 2 heteroatoms. The van der Waals surface area contributed by atoms with E-state index in [0.29, 0.717) is 12.2 Å². The standard InChI is InChI=1S/C21H34O2/c1-17(2)21(22)23-14-10-8-6-4-3-5-7-9-11-19-15-18-12-13-20(19)16-18/h12-13,18-20H,1,3-11,14-16H2,2H3. The average molecular weight is 319 g/mol. The number of carbonyl (C=O) groups is 1. The number of ether oxygens (including phenoxy) is 1. The summed E-state index contributed by atoms with van der Waals surface area (Å²) in [7, 11) is 0. The van der Waals surface area contributed by atoms with Crippen LogP contribution >= 0.6 is 0 Å². The van der Waals surface area contributed by atoms with Crippen LogP contribution in [0.1, 0.15) is 77.6 Å². The van der Waals surface area contributed by atoms with Gasteiger partial charge in [0.05, 0.1) is 6.61 Å². The highest BCUT2D eigenvalue weighted by Gasteiger charge is 2.34. The molecule has 3 atom stereocenters. The molecule has 0 aromatic carbocycles. The zero-order valence-electron chi connectivity index (χ0n) is 14.9. The van der Waals surface area contributed by atoms with Crippen LogP contribution in [0.3, 0.4) is 0 Å². The molecule has 23 heavy (non-hydrogen) atoms. The normalized spacial score (nSPS) is 25.0. The SMILES string of the molecule is C=C(C)C(=O)OCCCCCCCCCCC1CC2C=CC1C2. The molecule has 2 nitrogen and oxygen atoms in total. The summed E-state index contributed by atoms with van der Waals surface area (Å²) in [5.74, 6) is 2.61. The van der Waals surface area contributed by atoms with E-state index < -0.39 is 0 Å². The lowest BCUT2D eigenvalue weighted by atomic mass is 9.88. The quantitative estimate of drug-likeness (QED) is 0.196. The second kappa shape index (κ2) is 9.95. The molecule has 0 N–H and O–H groups in total. The molecule has 0 heterocycles. The van der Waals surface area contributed by atoms with Gasteiger partial charge >= 0.3 is 5.97 Å². The molecular weight excluding hydrogens is 284 g/mol. The van der Waals surface area contributed by atoms with Crippen molar-refractivity contribution in [2.45, 2.75) is 77.6 Å². The van der Waals surface area contributed by atoms with Gasteiger partial charge in [-0.3, -0.25) is 0 Å². The Morgan fingerprint density at radius 3 is 2.22 bits per heavy atom. The van der Waals surface area contributed by atoms with Crippen molar-refractivity contribution in [1.29, 1.82) is 0 Å². The molecule has 0 aromatic heterocycles. The smallest absolute Gasteiger partial charge is 0.333 e. The highest BCUT2D eigenvalue weighted by molar-refractivity contribution is 5.86. The van der Waals surface area contributed by atoms with Crippen LogP contribution in [-0.4, -0.2) is 12.6 Å². The van der Waals surface area contributed by atoms with Gasteiger partial charge in [0.1, 0.15) is 0 Å². The highest BCUT2D eigenvalue weighted by Crippen LogP contribution is 2.45. The molecule has 0 aliphatic heterocycles. The number of fused-ring (bicyclic) bond motifs is 2. The fraction of sp³-hybridized carbons (Fsp3) is 0.762. The Morgan fingerprint density at radius 2 is 1.65 bits per heavy atom. The molecule has 0 amide bonds. The summed E-state index contributed by atoms with van der Waals surface area (Å²) in [6.45, 7) is 5.81. The minimum atomic E-state index is -0.254. The summed E-state index contributed by atoms with van der Waals surface area (Å²) < 4.78 is 5.09. The van der Waals surface area contributed by atoms with Gasteiger partial charge in [-0.25, -0.2) is 4.79 Å². The monoisotopic (exact) mass is 318 g/mol. The van der Waals surface area contributed by atoms with Crippen LogP contribution in [-0.2, 0) is 9.53 Å². The maximum Gasteiger partial charge on any atom is 0.333 e. The highest BCUT2D eigenvalue weighted by atomic mass is 16.5. The average Bonchev–Trinajstić information content (AvgIpc) is 3.15. The summed E-state index contributed by atoms with van der Waals surface area (Å²) in [5, 5.41) is 0. The first-order valence-corrected chi connectivity index (χ1v) is 9.68. The molecule has 2 aliphatic carbocycles. The van der Waals surface area contributed by atoms with E-state index in [2.05, 4.69) is 18.7 Å². The Hall–Kier alpha value is -1.05. The van der Waals surface area contributed by atoms with Gasteiger partial charge in [0.25, 0.3) is 0 Å². The predicted octanol–water partition coefficient (Wildman–Crippen LogP) is 5.83. The Labute approximate surface area is 142 Å². The second-order valence-electron chi connectivity index (χ2n) is 7.57. The van der Waals surface area contributed by atoms with Gasteiger partial charge in [0.2, 0.25) is 0 Å². The van der Waals surface area contributed by atoms with E-state index in [1.54, 1.807) is 6.92 Å². The summed E-state index contributed by atoms with van der Waals surface area (Å²) in [5.41, 5.74) is 0.492. The van der Waals surface area contributed by atoms with Crippen molar-refractivity contribution in [3.8, 4) is 0 Å². The van der Waals surface area contributed by atoms with Gasteiger partial charge in [-0.05, 0) is 50.4 Å². The maximum absolute atomic E-state index is 11.2. The molecule has 0 radical (unpaired) electrons. The lowest BCUT2D eigenvalue weighted by Crippen LogP contribution is -2.06. The molecule has 2 rings (SSSR count). The zero-order chi connectivity index (χ0) is 16.5. The van der Waals surface area contributed by atoms with Crippen molar-refractivity contribution in [2.75, 3.05) is 6.61 Å². The van der Waals surface area contributed by atoms with Crippen LogP contribution in [0, 0.1) is 17.8 Å².